The largest absolute Gasteiger partial charge is 0.313 e. The van der Waals surface area contributed by atoms with Gasteiger partial charge in [-0.25, -0.2) is 9.97 Å². The summed E-state index contributed by atoms with van der Waals surface area (Å²) in [6.45, 7) is 7.66. The molecule has 2 unspecified atom stereocenters. The first-order chi connectivity index (χ1) is 8.31. The number of thioether (sulfide) groups is 1. The predicted octanol–water partition coefficient (Wildman–Crippen LogP) is 3.13. The van der Waals surface area contributed by atoms with Crippen molar-refractivity contribution in [1.82, 2.24) is 15.3 Å². The lowest BCUT2D eigenvalue weighted by atomic mass is 10.1. The van der Waals surface area contributed by atoms with Gasteiger partial charge in [-0.3, -0.25) is 0 Å². The first-order valence-corrected chi connectivity index (χ1v) is 7.36. The van der Waals surface area contributed by atoms with E-state index in [0.29, 0.717) is 11.3 Å². The zero-order valence-corrected chi connectivity index (χ0v) is 11.8. The Kier molecular flexibility index (Phi) is 7.21. The lowest BCUT2D eigenvalue weighted by Gasteiger charge is -2.25. The van der Waals surface area contributed by atoms with Crippen LogP contribution < -0.4 is 5.32 Å². The third kappa shape index (κ3) is 5.04. The highest BCUT2D eigenvalue weighted by Crippen LogP contribution is 2.26. The van der Waals surface area contributed by atoms with Crippen LogP contribution in [0.4, 0.5) is 0 Å². The first kappa shape index (κ1) is 14.5. The van der Waals surface area contributed by atoms with Gasteiger partial charge < -0.3 is 5.32 Å². The molecule has 1 rings (SSSR count). The summed E-state index contributed by atoms with van der Waals surface area (Å²) in [4.78, 5) is 8.59. The highest BCUT2D eigenvalue weighted by molar-refractivity contribution is 7.99. The maximum atomic E-state index is 4.29. The molecule has 0 bridgehead atoms. The molecule has 0 fully saturated rings. The highest BCUT2D eigenvalue weighted by Gasteiger charge is 2.20. The minimum atomic E-state index is 0.553. The van der Waals surface area contributed by atoms with Crippen molar-refractivity contribution >= 4 is 11.8 Å². The summed E-state index contributed by atoms with van der Waals surface area (Å²) in [5.41, 5.74) is 0. The molecule has 0 radical (unpaired) electrons. The van der Waals surface area contributed by atoms with Crippen LogP contribution in [0.3, 0.4) is 0 Å². The molecule has 0 aliphatic heterocycles. The van der Waals surface area contributed by atoms with E-state index >= 15 is 0 Å². The fraction of sp³-hybridized carbons (Fsp3) is 0.692. The molecular weight excluding hydrogens is 230 g/mol. The molecule has 0 amide bonds. The van der Waals surface area contributed by atoms with Crippen molar-refractivity contribution < 1.29 is 0 Å². The summed E-state index contributed by atoms with van der Waals surface area (Å²) in [6, 6.07) is 2.42. The normalized spacial score (nSPS) is 14.5. The molecule has 0 saturated heterocycles. The molecule has 1 aromatic rings. The zero-order valence-electron chi connectivity index (χ0n) is 11.0. The Hall–Kier alpha value is -0.610. The summed E-state index contributed by atoms with van der Waals surface area (Å²) >= 11 is 1.79. The first-order valence-electron chi connectivity index (χ1n) is 6.48. The van der Waals surface area contributed by atoms with E-state index in [4.69, 9.17) is 0 Å². The lowest BCUT2D eigenvalue weighted by Crippen LogP contribution is -2.37. The van der Waals surface area contributed by atoms with E-state index in [1.165, 1.54) is 12.8 Å². The number of rotatable bonds is 8. The number of nitrogens with one attached hydrogen (secondary N) is 1. The molecule has 3 nitrogen and oxygen atoms in total. The maximum Gasteiger partial charge on any atom is 0.187 e. The summed E-state index contributed by atoms with van der Waals surface area (Å²) in [6.07, 6.45) is 7.19. The van der Waals surface area contributed by atoms with E-state index in [0.717, 1.165) is 18.1 Å². The van der Waals surface area contributed by atoms with Crippen molar-refractivity contribution in [3.8, 4) is 0 Å². The molecule has 4 heteroatoms. The van der Waals surface area contributed by atoms with E-state index in [-0.39, 0.29) is 0 Å². The molecular formula is C13H23N3S. The van der Waals surface area contributed by atoms with Gasteiger partial charge in [-0.1, -0.05) is 39.0 Å². The van der Waals surface area contributed by atoms with Gasteiger partial charge in [0, 0.05) is 23.7 Å². The smallest absolute Gasteiger partial charge is 0.187 e. The molecule has 0 aromatic carbocycles. The maximum absolute atomic E-state index is 4.29. The van der Waals surface area contributed by atoms with Gasteiger partial charge in [0.1, 0.15) is 0 Å². The summed E-state index contributed by atoms with van der Waals surface area (Å²) in [7, 11) is 0. The molecule has 96 valence electrons. The second-order valence-electron chi connectivity index (χ2n) is 4.05. The van der Waals surface area contributed by atoms with E-state index in [1.807, 2.05) is 18.5 Å². The van der Waals surface area contributed by atoms with Crippen molar-refractivity contribution in [2.45, 2.75) is 56.5 Å². The fourth-order valence-electron chi connectivity index (χ4n) is 1.92. The summed E-state index contributed by atoms with van der Waals surface area (Å²) < 4.78 is 0. The molecule has 0 spiro atoms. The van der Waals surface area contributed by atoms with Crippen molar-refractivity contribution in [2.24, 2.45) is 0 Å². The van der Waals surface area contributed by atoms with Crippen molar-refractivity contribution in [3.63, 3.8) is 0 Å². The molecule has 0 saturated carbocycles. The molecule has 1 N–H and O–H groups in total. The topological polar surface area (TPSA) is 37.8 Å². The second-order valence-corrected chi connectivity index (χ2v) is 5.26. The van der Waals surface area contributed by atoms with Crippen LogP contribution in [0.1, 0.15) is 40.0 Å². The van der Waals surface area contributed by atoms with Crippen LogP contribution in [0, 0.1) is 0 Å². The Balaban J connectivity index is 2.61. The third-order valence-corrected chi connectivity index (χ3v) is 4.10. The van der Waals surface area contributed by atoms with E-state index < -0.39 is 0 Å². The van der Waals surface area contributed by atoms with Gasteiger partial charge in [0.25, 0.3) is 0 Å². The molecule has 2 atom stereocenters. The van der Waals surface area contributed by atoms with Crippen LogP contribution in [0.15, 0.2) is 23.6 Å². The molecule has 1 heterocycles. The Morgan fingerprint density at radius 3 is 2.47 bits per heavy atom. The number of hydrogen-bond acceptors (Lipinski definition) is 4. The van der Waals surface area contributed by atoms with Crippen LogP contribution in [-0.2, 0) is 0 Å². The predicted molar refractivity (Wildman–Crippen MR) is 74.3 cm³/mol. The van der Waals surface area contributed by atoms with Gasteiger partial charge in [-0.05, 0) is 25.5 Å². The van der Waals surface area contributed by atoms with Crippen LogP contribution in [0.25, 0.3) is 0 Å². The van der Waals surface area contributed by atoms with Crippen molar-refractivity contribution in [3.05, 3.63) is 18.5 Å². The fourth-order valence-corrected chi connectivity index (χ4v) is 3.00. The minimum Gasteiger partial charge on any atom is -0.313 e. The Morgan fingerprint density at radius 2 is 1.94 bits per heavy atom. The quantitative estimate of drug-likeness (QED) is 0.570. The molecule has 1 aromatic heterocycles. The lowest BCUT2D eigenvalue weighted by molar-refractivity contribution is 0.465. The van der Waals surface area contributed by atoms with Crippen LogP contribution in [-0.4, -0.2) is 27.8 Å². The van der Waals surface area contributed by atoms with Gasteiger partial charge in [0.2, 0.25) is 0 Å². The zero-order chi connectivity index (χ0) is 12.5. The highest BCUT2D eigenvalue weighted by atomic mass is 32.2. The molecule has 17 heavy (non-hydrogen) atoms. The van der Waals surface area contributed by atoms with E-state index in [2.05, 4.69) is 36.1 Å². The number of aromatic nitrogens is 2. The van der Waals surface area contributed by atoms with Gasteiger partial charge in [0.05, 0.1) is 0 Å². The van der Waals surface area contributed by atoms with Gasteiger partial charge in [-0.15, -0.1) is 0 Å². The van der Waals surface area contributed by atoms with E-state index in [1.54, 1.807) is 11.8 Å². The SMILES string of the molecule is CCCC(NCC)C(CC)Sc1ncccn1. The van der Waals surface area contributed by atoms with Gasteiger partial charge in [0.15, 0.2) is 5.16 Å². The van der Waals surface area contributed by atoms with Gasteiger partial charge in [-0.2, -0.15) is 0 Å². The third-order valence-electron chi connectivity index (χ3n) is 2.72. The standard InChI is InChI=1S/C13H23N3S/c1-4-8-11(14-6-3)12(5-2)17-13-15-9-7-10-16-13/h7,9-12,14H,4-6,8H2,1-3H3. The molecule has 0 aliphatic rings. The Morgan fingerprint density at radius 1 is 1.24 bits per heavy atom. The van der Waals surface area contributed by atoms with Crippen molar-refractivity contribution in [2.75, 3.05) is 6.54 Å². The Labute approximate surface area is 109 Å². The summed E-state index contributed by atoms with van der Waals surface area (Å²) in [5.74, 6) is 0. The van der Waals surface area contributed by atoms with Crippen LogP contribution >= 0.6 is 11.8 Å². The van der Waals surface area contributed by atoms with Gasteiger partial charge >= 0.3 is 0 Å². The Bertz CT molecular complexity index is 286. The summed E-state index contributed by atoms with van der Waals surface area (Å²) in [5, 5.41) is 5.02. The second kappa shape index (κ2) is 8.48. The average Bonchev–Trinajstić information content (AvgIpc) is 2.37. The van der Waals surface area contributed by atoms with E-state index in [9.17, 15) is 0 Å². The average molecular weight is 253 g/mol. The minimum absolute atomic E-state index is 0.553. The number of hydrogen-bond donors (Lipinski definition) is 1. The van der Waals surface area contributed by atoms with Crippen LogP contribution in [0.2, 0.25) is 0 Å². The number of nitrogens with zero attached hydrogens (tertiary/aromatic N) is 2. The molecule has 0 aliphatic carbocycles. The van der Waals surface area contributed by atoms with Crippen molar-refractivity contribution in [1.29, 1.82) is 0 Å². The van der Waals surface area contributed by atoms with Crippen LogP contribution in [0.5, 0.6) is 0 Å². The monoisotopic (exact) mass is 253 g/mol.